The summed E-state index contributed by atoms with van der Waals surface area (Å²) in [4.78, 5) is 15.9. The van der Waals surface area contributed by atoms with Crippen molar-refractivity contribution in [2.24, 2.45) is 11.8 Å². The third-order valence-corrected chi connectivity index (χ3v) is 11.0. The normalized spacial score (nSPS) is 32.5. The maximum Gasteiger partial charge on any atom is 0.261 e. The van der Waals surface area contributed by atoms with Crippen LogP contribution in [0.2, 0.25) is 5.02 Å². The standard InChI is InChI=1S/C33H41ClN2O4S/c1-21-29(38-2)7-4-8-30(39-3)26-12-9-24(26)18-36-19-33(15-5-6-22-16-25(34)11-13-27(22)33)20-40-31-14-10-23(17-28(31)36)32(37)35-41-21/h4,8,10-11,13-14,16-17,21,24,26,29-30H,5-7,9,12,15,18-20H2,1-3H3,(H,35,37)/b8-4-/t21-,24+,26-,29+,30+,33+/m1/s1. The Kier molecular flexibility index (Phi) is 8.60. The number of benzene rings is 2. The van der Waals surface area contributed by atoms with E-state index in [1.165, 1.54) is 29.5 Å². The average molecular weight is 597 g/mol. The molecule has 2 aromatic carbocycles. The molecule has 1 N–H and O–H groups in total. The van der Waals surface area contributed by atoms with Crippen LogP contribution >= 0.6 is 23.5 Å². The first-order valence-electron chi connectivity index (χ1n) is 14.9. The minimum Gasteiger partial charge on any atom is -0.490 e. The lowest BCUT2D eigenvalue weighted by Gasteiger charge is -2.46. The largest absolute Gasteiger partial charge is 0.490 e. The molecule has 6 rings (SSSR count). The van der Waals surface area contributed by atoms with Gasteiger partial charge in [-0.1, -0.05) is 29.8 Å². The molecule has 4 aliphatic rings. The van der Waals surface area contributed by atoms with Crippen LogP contribution in [-0.4, -0.2) is 57.3 Å². The summed E-state index contributed by atoms with van der Waals surface area (Å²) in [5.41, 5.74) is 4.20. The lowest BCUT2D eigenvalue weighted by atomic mass is 9.68. The predicted molar refractivity (Wildman–Crippen MR) is 166 cm³/mol. The number of carbonyl (C=O) groups excluding carboxylic acids is 1. The second-order valence-corrected chi connectivity index (χ2v) is 13.8. The van der Waals surface area contributed by atoms with Crippen LogP contribution in [-0.2, 0) is 21.3 Å². The monoisotopic (exact) mass is 596 g/mol. The highest BCUT2D eigenvalue weighted by molar-refractivity contribution is 7.98. The van der Waals surface area contributed by atoms with E-state index in [2.05, 4.69) is 40.8 Å². The second kappa shape index (κ2) is 12.2. The van der Waals surface area contributed by atoms with Crippen LogP contribution in [0.25, 0.3) is 0 Å². The van der Waals surface area contributed by atoms with E-state index in [0.717, 1.165) is 61.7 Å². The number of hydrogen-bond donors (Lipinski definition) is 1. The predicted octanol–water partition coefficient (Wildman–Crippen LogP) is 6.60. The van der Waals surface area contributed by atoms with Crippen LogP contribution in [0.1, 0.15) is 60.5 Å². The molecule has 0 aromatic heterocycles. The Morgan fingerprint density at radius 2 is 2.02 bits per heavy atom. The van der Waals surface area contributed by atoms with Crippen molar-refractivity contribution in [3.8, 4) is 5.75 Å². The van der Waals surface area contributed by atoms with Gasteiger partial charge in [0.2, 0.25) is 0 Å². The Balaban J connectivity index is 1.39. The van der Waals surface area contributed by atoms with Crippen molar-refractivity contribution in [3.63, 3.8) is 0 Å². The van der Waals surface area contributed by atoms with Gasteiger partial charge in [0.15, 0.2) is 0 Å². The summed E-state index contributed by atoms with van der Waals surface area (Å²) in [7, 11) is 3.56. The van der Waals surface area contributed by atoms with Crippen molar-refractivity contribution in [1.82, 2.24) is 4.72 Å². The SMILES string of the molecule is CO[C@H]1/C=C\C[C@H](OC)[C@@H](C)SNC(=O)c2ccc3c(c2)N(C[C@@H]2CC[C@H]21)C[C@@]1(CCCc2cc(Cl)ccc21)CO3. The molecule has 2 aromatic rings. The van der Waals surface area contributed by atoms with E-state index in [-0.39, 0.29) is 28.8 Å². The van der Waals surface area contributed by atoms with Crippen LogP contribution in [0, 0.1) is 11.8 Å². The van der Waals surface area contributed by atoms with E-state index in [0.29, 0.717) is 24.0 Å². The van der Waals surface area contributed by atoms with E-state index >= 15 is 0 Å². The Morgan fingerprint density at radius 3 is 2.80 bits per heavy atom. The van der Waals surface area contributed by atoms with Gasteiger partial charge in [0, 0.05) is 48.6 Å². The van der Waals surface area contributed by atoms with Gasteiger partial charge in [-0.2, -0.15) is 0 Å². The van der Waals surface area contributed by atoms with Crippen molar-refractivity contribution in [2.45, 2.75) is 68.3 Å². The summed E-state index contributed by atoms with van der Waals surface area (Å²) in [6.45, 7) is 4.45. The zero-order valence-electron chi connectivity index (χ0n) is 24.2. The van der Waals surface area contributed by atoms with Crippen LogP contribution < -0.4 is 14.4 Å². The molecule has 8 heteroatoms. The molecule has 6 atom stereocenters. The van der Waals surface area contributed by atoms with E-state index in [1.54, 1.807) is 7.11 Å². The van der Waals surface area contributed by atoms with Crippen molar-refractivity contribution in [3.05, 3.63) is 70.3 Å². The highest BCUT2D eigenvalue weighted by atomic mass is 35.5. The molecule has 2 aliphatic carbocycles. The summed E-state index contributed by atoms with van der Waals surface area (Å²) in [5, 5.41) is 0.874. The average Bonchev–Trinajstić information content (AvgIpc) is 3.11. The van der Waals surface area contributed by atoms with Crippen LogP contribution in [0.5, 0.6) is 5.75 Å². The molecule has 220 valence electrons. The fourth-order valence-corrected chi connectivity index (χ4v) is 8.28. The van der Waals surface area contributed by atoms with Crippen LogP contribution in [0.3, 0.4) is 0 Å². The number of anilines is 1. The van der Waals surface area contributed by atoms with E-state index in [9.17, 15) is 4.79 Å². The lowest BCUT2D eigenvalue weighted by molar-refractivity contribution is 0.0129. The molecule has 41 heavy (non-hydrogen) atoms. The highest BCUT2D eigenvalue weighted by Crippen LogP contribution is 2.47. The summed E-state index contributed by atoms with van der Waals surface area (Å²) in [5.74, 6) is 1.68. The van der Waals surface area contributed by atoms with Crippen molar-refractivity contribution in [1.29, 1.82) is 0 Å². The van der Waals surface area contributed by atoms with Gasteiger partial charge in [0.1, 0.15) is 5.75 Å². The maximum atomic E-state index is 13.3. The second-order valence-electron chi connectivity index (χ2n) is 12.2. The topological polar surface area (TPSA) is 60.0 Å². The van der Waals surface area contributed by atoms with Gasteiger partial charge in [0.05, 0.1) is 24.5 Å². The quantitative estimate of drug-likeness (QED) is 0.312. The molecule has 2 heterocycles. The summed E-state index contributed by atoms with van der Waals surface area (Å²) >= 11 is 7.84. The molecule has 1 fully saturated rings. The van der Waals surface area contributed by atoms with Crippen molar-refractivity contribution < 1.29 is 19.0 Å². The number of fused-ring (bicyclic) bond motifs is 4. The summed E-state index contributed by atoms with van der Waals surface area (Å²) in [6, 6.07) is 12.3. The summed E-state index contributed by atoms with van der Waals surface area (Å²) < 4.78 is 21.5. The third kappa shape index (κ3) is 5.75. The number of nitrogens with zero attached hydrogens (tertiary/aromatic N) is 1. The minimum atomic E-state index is -0.138. The molecule has 2 bridgehead atoms. The Morgan fingerprint density at radius 1 is 1.15 bits per heavy atom. The molecule has 1 saturated carbocycles. The molecule has 6 nitrogen and oxygen atoms in total. The van der Waals surface area contributed by atoms with Gasteiger partial charge in [-0.25, -0.2) is 0 Å². The fourth-order valence-electron chi connectivity index (χ4n) is 7.30. The minimum absolute atomic E-state index is 0.0143. The third-order valence-electron chi connectivity index (χ3n) is 9.78. The molecule has 1 amide bonds. The smallest absolute Gasteiger partial charge is 0.261 e. The van der Waals surface area contributed by atoms with Gasteiger partial charge in [-0.3, -0.25) is 9.52 Å². The number of amides is 1. The van der Waals surface area contributed by atoms with E-state index in [1.807, 2.05) is 31.4 Å². The molecular formula is C33H41ClN2O4S. The number of methoxy groups -OCH3 is 2. The molecule has 1 spiro atoms. The highest BCUT2D eigenvalue weighted by Gasteiger charge is 2.44. The molecule has 0 unspecified atom stereocenters. The van der Waals surface area contributed by atoms with Crippen molar-refractivity contribution >= 4 is 35.1 Å². The van der Waals surface area contributed by atoms with Crippen LogP contribution in [0.4, 0.5) is 5.69 Å². The molecule has 2 aliphatic heterocycles. The zero-order chi connectivity index (χ0) is 28.6. The number of carbonyl (C=O) groups is 1. The van der Waals surface area contributed by atoms with Gasteiger partial charge in [-0.15, -0.1) is 0 Å². The van der Waals surface area contributed by atoms with Gasteiger partial charge < -0.3 is 19.1 Å². The van der Waals surface area contributed by atoms with Crippen LogP contribution in [0.15, 0.2) is 48.6 Å². The van der Waals surface area contributed by atoms with Gasteiger partial charge in [0.25, 0.3) is 5.91 Å². The number of hydrogen-bond acceptors (Lipinski definition) is 6. The van der Waals surface area contributed by atoms with E-state index < -0.39 is 0 Å². The van der Waals surface area contributed by atoms with E-state index in [4.69, 9.17) is 25.8 Å². The Hall–Kier alpha value is -2.19. The Bertz CT molecular complexity index is 1300. The number of ether oxygens (including phenoxy) is 3. The summed E-state index contributed by atoms with van der Waals surface area (Å²) in [6.07, 6.45) is 10.8. The Labute approximate surface area is 253 Å². The molecule has 0 saturated heterocycles. The first-order chi connectivity index (χ1) is 19.9. The molecule has 0 radical (unpaired) electrons. The first-order valence-corrected chi connectivity index (χ1v) is 16.2. The number of aryl methyl sites for hydroxylation is 1. The lowest BCUT2D eigenvalue weighted by Crippen LogP contribution is -2.49. The fraction of sp³-hybridized carbons (Fsp3) is 0.545. The zero-order valence-corrected chi connectivity index (χ0v) is 25.8. The van der Waals surface area contributed by atoms with Gasteiger partial charge in [-0.05, 0) is 111 Å². The number of rotatable bonds is 2. The van der Waals surface area contributed by atoms with Crippen molar-refractivity contribution in [2.75, 3.05) is 38.8 Å². The van der Waals surface area contributed by atoms with Gasteiger partial charge >= 0.3 is 0 Å². The molecular weight excluding hydrogens is 556 g/mol. The number of nitrogens with one attached hydrogen (secondary N) is 1. The maximum absolute atomic E-state index is 13.3. The number of halogens is 1. The first kappa shape index (κ1) is 28.9.